The summed E-state index contributed by atoms with van der Waals surface area (Å²) in [4.78, 5) is 9.84. The zero-order valence-electron chi connectivity index (χ0n) is 10.6. The largest absolute Gasteiger partial charge is 0.478 e. The standard InChI is InChI=1S/C11H9NO8S2/c12-9-4-7(22(18,19)20)2-5-1-6(21(15,16)17)3-8(10(5)9)11(13)14/h1-4H,12H2,(H,13,14)(H,15,16,17)(H,18,19,20). The molecular weight excluding hydrogens is 338 g/mol. The number of hydrogen-bond donors (Lipinski definition) is 4. The first-order chi connectivity index (χ1) is 9.91. The topological polar surface area (TPSA) is 172 Å². The third kappa shape index (κ3) is 2.87. The third-order valence-electron chi connectivity index (χ3n) is 2.85. The van der Waals surface area contributed by atoms with Gasteiger partial charge >= 0.3 is 5.97 Å². The highest BCUT2D eigenvalue weighted by Gasteiger charge is 2.21. The molecule has 0 radical (unpaired) electrons. The Labute approximate surface area is 124 Å². The minimum Gasteiger partial charge on any atom is -0.478 e. The zero-order valence-corrected chi connectivity index (χ0v) is 12.2. The first-order valence-corrected chi connectivity index (χ1v) is 8.35. The summed E-state index contributed by atoms with van der Waals surface area (Å²) in [5.41, 5.74) is 4.78. The maximum atomic E-state index is 11.2. The van der Waals surface area contributed by atoms with Gasteiger partial charge in [-0.2, -0.15) is 16.8 Å². The lowest BCUT2D eigenvalue weighted by Gasteiger charge is -2.10. The van der Waals surface area contributed by atoms with E-state index in [1.54, 1.807) is 0 Å². The number of nitrogens with two attached hydrogens (primary N) is 1. The second kappa shape index (κ2) is 4.91. The van der Waals surface area contributed by atoms with Crippen molar-refractivity contribution in [3.63, 3.8) is 0 Å². The van der Waals surface area contributed by atoms with E-state index in [1.807, 2.05) is 0 Å². The Balaban J connectivity index is 3.04. The Morgan fingerprint density at radius 3 is 1.77 bits per heavy atom. The van der Waals surface area contributed by atoms with Crippen molar-refractivity contribution in [2.45, 2.75) is 9.79 Å². The second-order valence-corrected chi connectivity index (χ2v) is 7.18. The van der Waals surface area contributed by atoms with Gasteiger partial charge in [-0.1, -0.05) is 0 Å². The minimum absolute atomic E-state index is 0.118. The van der Waals surface area contributed by atoms with Crippen molar-refractivity contribution in [1.82, 2.24) is 0 Å². The average molecular weight is 347 g/mol. The van der Waals surface area contributed by atoms with Crippen LogP contribution in [0, 0.1) is 0 Å². The fourth-order valence-electron chi connectivity index (χ4n) is 1.96. The fourth-order valence-corrected chi connectivity index (χ4v) is 3.05. The first-order valence-electron chi connectivity index (χ1n) is 5.47. The van der Waals surface area contributed by atoms with Gasteiger partial charge < -0.3 is 10.8 Å². The number of anilines is 1. The lowest BCUT2D eigenvalue weighted by Crippen LogP contribution is -2.07. The summed E-state index contributed by atoms with van der Waals surface area (Å²) in [5, 5.41) is 8.83. The van der Waals surface area contributed by atoms with E-state index < -0.39 is 41.6 Å². The number of carboxylic acids is 1. The van der Waals surface area contributed by atoms with Gasteiger partial charge in [-0.15, -0.1) is 0 Å². The van der Waals surface area contributed by atoms with Gasteiger partial charge in [0.25, 0.3) is 20.2 Å². The van der Waals surface area contributed by atoms with Crippen LogP contribution in [0.5, 0.6) is 0 Å². The zero-order chi connectivity index (χ0) is 16.9. The van der Waals surface area contributed by atoms with Crippen molar-refractivity contribution < 1.29 is 35.8 Å². The molecule has 22 heavy (non-hydrogen) atoms. The first kappa shape index (κ1) is 16.2. The molecule has 0 aliphatic heterocycles. The molecular formula is C11H9NO8S2. The lowest BCUT2D eigenvalue weighted by atomic mass is 10.0. The molecule has 0 spiro atoms. The maximum absolute atomic E-state index is 11.2. The number of hydrogen-bond acceptors (Lipinski definition) is 6. The molecule has 0 unspecified atom stereocenters. The van der Waals surface area contributed by atoms with Crippen molar-refractivity contribution >= 4 is 42.7 Å². The van der Waals surface area contributed by atoms with Gasteiger partial charge in [-0.3, -0.25) is 9.11 Å². The van der Waals surface area contributed by atoms with Crippen LogP contribution in [0.1, 0.15) is 10.4 Å². The molecule has 0 aliphatic rings. The quantitative estimate of drug-likeness (QED) is 0.458. The normalized spacial score (nSPS) is 12.5. The van der Waals surface area contributed by atoms with Gasteiger partial charge in [0, 0.05) is 11.1 Å². The lowest BCUT2D eigenvalue weighted by molar-refractivity contribution is 0.0699. The molecule has 2 aromatic rings. The summed E-state index contributed by atoms with van der Waals surface area (Å²) in [6.07, 6.45) is 0. The van der Waals surface area contributed by atoms with E-state index in [9.17, 15) is 21.6 Å². The highest BCUT2D eigenvalue weighted by atomic mass is 32.2. The summed E-state index contributed by atoms with van der Waals surface area (Å²) in [5.74, 6) is -1.53. The molecule has 0 amide bonds. The van der Waals surface area contributed by atoms with E-state index in [0.29, 0.717) is 6.07 Å². The van der Waals surface area contributed by atoms with Crippen LogP contribution in [0.15, 0.2) is 34.1 Å². The maximum Gasteiger partial charge on any atom is 0.336 e. The van der Waals surface area contributed by atoms with E-state index in [2.05, 4.69) is 0 Å². The predicted octanol–water partition coefficient (Wildman–Crippen LogP) is 0.614. The number of nitrogen functional groups attached to an aromatic ring is 1. The molecule has 0 saturated heterocycles. The Hall–Kier alpha value is -2.21. The summed E-state index contributed by atoms with van der Waals surface area (Å²) in [6, 6.07) is 3.24. The smallest absolute Gasteiger partial charge is 0.336 e. The Morgan fingerprint density at radius 2 is 1.36 bits per heavy atom. The van der Waals surface area contributed by atoms with Crippen LogP contribution in [0.3, 0.4) is 0 Å². The third-order valence-corrected chi connectivity index (χ3v) is 4.52. The number of carbonyl (C=O) groups is 1. The molecule has 0 aromatic heterocycles. The van der Waals surface area contributed by atoms with Crippen molar-refractivity contribution in [3.8, 4) is 0 Å². The van der Waals surface area contributed by atoms with Gasteiger partial charge in [0.15, 0.2) is 0 Å². The van der Waals surface area contributed by atoms with Crippen molar-refractivity contribution in [2.75, 3.05) is 5.73 Å². The monoisotopic (exact) mass is 347 g/mol. The van der Waals surface area contributed by atoms with Crippen LogP contribution in [0.4, 0.5) is 5.69 Å². The molecule has 0 heterocycles. The number of fused-ring (bicyclic) bond motifs is 1. The van der Waals surface area contributed by atoms with Gasteiger partial charge in [0.2, 0.25) is 0 Å². The van der Waals surface area contributed by atoms with E-state index in [0.717, 1.165) is 18.2 Å². The molecule has 11 heteroatoms. The minimum atomic E-state index is -4.73. The number of carboxylic acid groups (broad SMARTS) is 1. The fraction of sp³-hybridized carbons (Fsp3) is 0. The molecule has 2 aromatic carbocycles. The van der Waals surface area contributed by atoms with E-state index in [1.165, 1.54) is 0 Å². The SMILES string of the molecule is Nc1cc(S(=O)(=O)O)cc2cc(S(=O)(=O)O)cc(C(=O)O)c12. The number of benzene rings is 2. The van der Waals surface area contributed by atoms with Crippen LogP contribution in [0.2, 0.25) is 0 Å². The Bertz CT molecular complexity index is 1000. The second-order valence-electron chi connectivity index (χ2n) is 4.34. The molecule has 0 fully saturated rings. The van der Waals surface area contributed by atoms with Gasteiger partial charge in [-0.05, 0) is 29.7 Å². The summed E-state index contributed by atoms with van der Waals surface area (Å²) in [6.45, 7) is 0. The summed E-state index contributed by atoms with van der Waals surface area (Å²) < 4.78 is 62.7. The van der Waals surface area contributed by atoms with Crippen molar-refractivity contribution in [1.29, 1.82) is 0 Å². The van der Waals surface area contributed by atoms with Gasteiger partial charge in [-0.25, -0.2) is 4.79 Å². The van der Waals surface area contributed by atoms with Crippen molar-refractivity contribution in [3.05, 3.63) is 29.8 Å². The van der Waals surface area contributed by atoms with Crippen molar-refractivity contribution in [2.24, 2.45) is 0 Å². The Kier molecular flexibility index (Phi) is 3.61. The van der Waals surface area contributed by atoms with Crippen LogP contribution in [-0.2, 0) is 20.2 Å². The molecule has 0 atom stereocenters. The van der Waals surface area contributed by atoms with Crippen LogP contribution < -0.4 is 5.73 Å². The number of aromatic carboxylic acids is 1. The predicted molar refractivity (Wildman–Crippen MR) is 74.9 cm³/mol. The van der Waals surface area contributed by atoms with Crippen LogP contribution in [-0.4, -0.2) is 37.0 Å². The molecule has 9 nitrogen and oxygen atoms in total. The highest BCUT2D eigenvalue weighted by Crippen LogP contribution is 2.31. The van der Waals surface area contributed by atoms with Gasteiger partial charge in [0.05, 0.1) is 15.4 Å². The average Bonchev–Trinajstić information content (AvgIpc) is 2.34. The summed E-state index contributed by atoms with van der Waals surface area (Å²) in [7, 11) is -9.37. The Morgan fingerprint density at radius 1 is 0.909 bits per heavy atom. The van der Waals surface area contributed by atoms with Crippen LogP contribution in [0.25, 0.3) is 10.8 Å². The highest BCUT2D eigenvalue weighted by molar-refractivity contribution is 7.86. The summed E-state index contributed by atoms with van der Waals surface area (Å²) >= 11 is 0. The molecule has 2 rings (SSSR count). The van der Waals surface area contributed by atoms with E-state index >= 15 is 0 Å². The molecule has 118 valence electrons. The molecule has 0 bridgehead atoms. The molecule has 5 N–H and O–H groups in total. The molecule has 0 aliphatic carbocycles. The van der Waals surface area contributed by atoms with Gasteiger partial charge in [0.1, 0.15) is 0 Å². The number of rotatable bonds is 3. The van der Waals surface area contributed by atoms with E-state index in [-0.39, 0.29) is 16.5 Å². The van der Waals surface area contributed by atoms with E-state index in [4.69, 9.17) is 19.9 Å². The van der Waals surface area contributed by atoms with Crippen LogP contribution >= 0.6 is 0 Å². The molecule has 0 saturated carbocycles.